The van der Waals surface area contributed by atoms with Crippen LogP contribution in [0.4, 0.5) is 5.69 Å². The van der Waals surface area contributed by atoms with Crippen molar-refractivity contribution in [1.29, 1.82) is 0 Å². The number of piperidine rings is 3. The second-order valence-electron chi connectivity index (χ2n) is 7.37. The Morgan fingerprint density at radius 3 is 2.62 bits per heavy atom. The summed E-state index contributed by atoms with van der Waals surface area (Å²) in [6.45, 7) is 4.45. The van der Waals surface area contributed by atoms with E-state index in [0.717, 1.165) is 27.6 Å². The zero-order chi connectivity index (χ0) is 18.1. The van der Waals surface area contributed by atoms with E-state index in [2.05, 4.69) is 17.1 Å². The van der Waals surface area contributed by atoms with Crippen molar-refractivity contribution in [2.45, 2.75) is 41.6 Å². The molecule has 3 N–H and O–H groups in total. The lowest BCUT2D eigenvalue weighted by atomic mass is 9.80. The van der Waals surface area contributed by atoms with Crippen molar-refractivity contribution in [2.24, 2.45) is 5.92 Å². The number of fused-ring (bicyclic) bond motifs is 3. The van der Waals surface area contributed by atoms with E-state index >= 15 is 0 Å². The van der Waals surface area contributed by atoms with E-state index in [1.54, 1.807) is 11.8 Å². The number of benzene rings is 2. The topological polar surface area (TPSA) is 58.4 Å². The fourth-order valence-corrected chi connectivity index (χ4v) is 4.94. The molecule has 0 aliphatic carbocycles. The van der Waals surface area contributed by atoms with Gasteiger partial charge in [-0.2, -0.15) is 0 Å². The third-order valence-corrected chi connectivity index (χ3v) is 6.73. The number of nitrogens with two attached hydrogens (primary N) is 1. The number of nitrogens with zero attached hydrogens (tertiary/aromatic N) is 1. The van der Waals surface area contributed by atoms with Crippen LogP contribution in [-0.4, -0.2) is 36.0 Å². The van der Waals surface area contributed by atoms with Gasteiger partial charge in [-0.05, 0) is 68.6 Å². The van der Waals surface area contributed by atoms with E-state index < -0.39 is 0 Å². The van der Waals surface area contributed by atoms with Crippen molar-refractivity contribution in [3.63, 3.8) is 0 Å². The minimum absolute atomic E-state index is 0.0344. The van der Waals surface area contributed by atoms with Crippen molar-refractivity contribution in [2.75, 3.05) is 18.8 Å². The minimum atomic E-state index is 0.0344. The van der Waals surface area contributed by atoms with Gasteiger partial charge < -0.3 is 11.1 Å². The summed E-state index contributed by atoms with van der Waals surface area (Å²) in [4.78, 5) is 17.2. The molecule has 2 aromatic carbocycles. The number of rotatable bonds is 4. The monoisotopic (exact) mass is 367 g/mol. The van der Waals surface area contributed by atoms with Crippen LogP contribution in [0.25, 0.3) is 0 Å². The summed E-state index contributed by atoms with van der Waals surface area (Å²) in [6, 6.07) is 16.6. The van der Waals surface area contributed by atoms with Crippen molar-refractivity contribution in [1.82, 2.24) is 10.2 Å². The highest BCUT2D eigenvalue weighted by atomic mass is 32.2. The molecule has 2 bridgehead atoms. The normalized spacial score (nSPS) is 27.3. The van der Waals surface area contributed by atoms with Gasteiger partial charge in [-0.1, -0.05) is 23.9 Å². The summed E-state index contributed by atoms with van der Waals surface area (Å²) in [7, 11) is 0. The summed E-state index contributed by atoms with van der Waals surface area (Å²) in [5.41, 5.74) is 7.50. The zero-order valence-electron chi connectivity index (χ0n) is 15.0. The van der Waals surface area contributed by atoms with E-state index in [-0.39, 0.29) is 11.9 Å². The molecule has 4 unspecified atom stereocenters. The Labute approximate surface area is 159 Å². The molecule has 0 aromatic heterocycles. The maximum Gasteiger partial charge on any atom is 0.251 e. The highest BCUT2D eigenvalue weighted by Crippen LogP contribution is 2.33. The average molecular weight is 368 g/mol. The van der Waals surface area contributed by atoms with E-state index in [1.165, 1.54) is 19.4 Å². The number of amides is 1. The molecule has 5 rings (SSSR count). The Bertz CT molecular complexity index is 792. The highest BCUT2D eigenvalue weighted by molar-refractivity contribution is 7.99. The van der Waals surface area contributed by atoms with Crippen LogP contribution in [0.3, 0.4) is 0 Å². The fourth-order valence-electron chi connectivity index (χ4n) is 4.09. The van der Waals surface area contributed by atoms with Crippen LogP contribution >= 0.6 is 11.8 Å². The van der Waals surface area contributed by atoms with E-state index in [9.17, 15) is 4.79 Å². The van der Waals surface area contributed by atoms with Gasteiger partial charge in [0.05, 0.1) is 0 Å². The first kappa shape index (κ1) is 17.4. The van der Waals surface area contributed by atoms with Gasteiger partial charge in [0.2, 0.25) is 0 Å². The fraction of sp³-hybridized carbons (Fsp3) is 0.381. The number of carbonyl (C=O) groups excluding carboxylic acids is 1. The molecule has 136 valence electrons. The standard InChI is InChI=1S/C21H25N3OS/c1-14-12-16-10-11-24(14)13-19(16)23-21(25)15-6-8-17(9-7-15)26-20-5-3-2-4-18(20)22/h2-9,14,16,19H,10-13,22H2,1H3,(H,23,25). The molecule has 1 amide bonds. The summed E-state index contributed by atoms with van der Waals surface area (Å²) < 4.78 is 0. The maximum atomic E-state index is 12.6. The number of nitrogen functional groups attached to an aromatic ring is 1. The summed E-state index contributed by atoms with van der Waals surface area (Å²) in [6.07, 6.45) is 2.39. The highest BCUT2D eigenvalue weighted by Gasteiger charge is 2.38. The third-order valence-electron chi connectivity index (χ3n) is 5.63. The first-order valence-electron chi connectivity index (χ1n) is 9.27. The molecule has 26 heavy (non-hydrogen) atoms. The quantitative estimate of drug-likeness (QED) is 0.810. The number of para-hydroxylation sites is 1. The van der Waals surface area contributed by atoms with Crippen molar-refractivity contribution < 1.29 is 4.79 Å². The van der Waals surface area contributed by atoms with Gasteiger partial charge in [0.25, 0.3) is 5.91 Å². The predicted molar refractivity (Wildman–Crippen MR) is 106 cm³/mol. The van der Waals surface area contributed by atoms with Crippen LogP contribution in [0.5, 0.6) is 0 Å². The van der Waals surface area contributed by atoms with Crippen LogP contribution in [0.1, 0.15) is 30.1 Å². The smallest absolute Gasteiger partial charge is 0.251 e. The molecule has 4 atom stereocenters. The Balaban J connectivity index is 1.39. The van der Waals surface area contributed by atoms with Gasteiger partial charge in [-0.15, -0.1) is 0 Å². The van der Waals surface area contributed by atoms with Crippen LogP contribution in [-0.2, 0) is 0 Å². The van der Waals surface area contributed by atoms with Crippen LogP contribution in [0.15, 0.2) is 58.3 Å². The number of nitrogens with one attached hydrogen (secondary N) is 1. The molecule has 3 aliphatic rings. The molecule has 0 saturated carbocycles. The molecular formula is C21H25N3OS. The first-order valence-corrected chi connectivity index (χ1v) is 10.1. The van der Waals surface area contributed by atoms with Crippen molar-refractivity contribution in [3.8, 4) is 0 Å². The SMILES string of the molecule is CC1CC2CCN1CC2NC(=O)c1ccc(Sc2ccccc2N)cc1. The van der Waals surface area contributed by atoms with Gasteiger partial charge in [0, 0.05) is 39.7 Å². The van der Waals surface area contributed by atoms with Gasteiger partial charge in [0.1, 0.15) is 0 Å². The Morgan fingerprint density at radius 1 is 1.19 bits per heavy atom. The second-order valence-corrected chi connectivity index (χ2v) is 8.49. The Kier molecular flexibility index (Phi) is 4.92. The van der Waals surface area contributed by atoms with Gasteiger partial charge >= 0.3 is 0 Å². The molecule has 0 spiro atoms. The van der Waals surface area contributed by atoms with Crippen molar-refractivity contribution >= 4 is 23.4 Å². The molecule has 3 heterocycles. The van der Waals surface area contributed by atoms with E-state index in [4.69, 9.17) is 5.73 Å². The lowest BCUT2D eigenvalue weighted by Crippen LogP contribution is -2.60. The number of anilines is 1. The molecule has 3 saturated heterocycles. The molecular weight excluding hydrogens is 342 g/mol. The third kappa shape index (κ3) is 3.60. The maximum absolute atomic E-state index is 12.6. The molecule has 4 nitrogen and oxygen atoms in total. The van der Waals surface area contributed by atoms with E-state index in [1.807, 2.05) is 48.5 Å². The van der Waals surface area contributed by atoms with Gasteiger partial charge in [0.15, 0.2) is 0 Å². The average Bonchev–Trinajstić information content (AvgIpc) is 2.65. The lowest BCUT2D eigenvalue weighted by molar-refractivity contribution is 0.0274. The molecule has 5 heteroatoms. The van der Waals surface area contributed by atoms with Gasteiger partial charge in [-0.3, -0.25) is 9.69 Å². The summed E-state index contributed by atoms with van der Waals surface area (Å²) in [5, 5.41) is 3.26. The minimum Gasteiger partial charge on any atom is -0.398 e. The lowest BCUT2D eigenvalue weighted by Gasteiger charge is -2.48. The zero-order valence-corrected chi connectivity index (χ0v) is 15.8. The number of hydrogen-bond acceptors (Lipinski definition) is 4. The first-order chi connectivity index (χ1) is 12.6. The number of carbonyl (C=O) groups is 1. The van der Waals surface area contributed by atoms with Crippen LogP contribution < -0.4 is 11.1 Å². The van der Waals surface area contributed by atoms with Crippen LogP contribution in [0.2, 0.25) is 0 Å². The number of hydrogen-bond donors (Lipinski definition) is 2. The van der Waals surface area contributed by atoms with Gasteiger partial charge in [-0.25, -0.2) is 0 Å². The largest absolute Gasteiger partial charge is 0.398 e. The Hall–Kier alpha value is -1.98. The van der Waals surface area contributed by atoms with E-state index in [0.29, 0.717) is 12.0 Å². The molecule has 2 aromatic rings. The summed E-state index contributed by atoms with van der Waals surface area (Å²) >= 11 is 1.62. The van der Waals surface area contributed by atoms with Crippen molar-refractivity contribution in [3.05, 3.63) is 54.1 Å². The predicted octanol–water partition coefficient (Wildman–Crippen LogP) is 3.63. The molecule has 3 fully saturated rings. The van der Waals surface area contributed by atoms with Crippen LogP contribution in [0, 0.1) is 5.92 Å². The second kappa shape index (κ2) is 7.33. The molecule has 0 radical (unpaired) electrons. The Morgan fingerprint density at radius 2 is 1.96 bits per heavy atom. The summed E-state index contributed by atoms with van der Waals surface area (Å²) in [5.74, 6) is 0.655. The molecule has 3 aliphatic heterocycles.